The quantitative estimate of drug-likeness (QED) is 0.184. The summed E-state index contributed by atoms with van der Waals surface area (Å²) in [6.45, 7) is 4.72. The van der Waals surface area contributed by atoms with E-state index in [0.717, 1.165) is 33.3 Å². The van der Waals surface area contributed by atoms with E-state index >= 15 is 0 Å². The van der Waals surface area contributed by atoms with Crippen molar-refractivity contribution in [2.45, 2.75) is 19.3 Å². The highest BCUT2D eigenvalue weighted by atomic mass is 16.3. The second-order valence-electron chi connectivity index (χ2n) is 14.1. The lowest BCUT2D eigenvalue weighted by Crippen LogP contribution is -2.16. The molecule has 0 atom stereocenters. The lowest BCUT2D eigenvalue weighted by molar-refractivity contribution is 0.661. The standard InChI is InChI=1S/C49H35NO/c1-49(2)43-22-12-10-21-42(43)47-44(49)30-34-16-6-7-19-39(34)48(47)50(36-28-29-41-40-20-11-13-23-45(40)51-46(41)31-36)35-26-24-33(25-27-35)38-18-9-8-17-37(38)32-14-4-3-5-15-32/h3-31H,1-2H3. The van der Waals surface area contributed by atoms with Crippen molar-refractivity contribution in [2.24, 2.45) is 0 Å². The van der Waals surface area contributed by atoms with Crippen LogP contribution in [0, 0.1) is 0 Å². The van der Waals surface area contributed by atoms with Gasteiger partial charge in [-0.15, -0.1) is 0 Å². The molecule has 1 aliphatic carbocycles. The van der Waals surface area contributed by atoms with Crippen molar-refractivity contribution >= 4 is 49.8 Å². The fraction of sp³-hybridized carbons (Fsp3) is 0.0612. The van der Waals surface area contributed by atoms with E-state index in [1.54, 1.807) is 0 Å². The molecule has 10 rings (SSSR count). The summed E-state index contributed by atoms with van der Waals surface area (Å²) < 4.78 is 6.49. The first kappa shape index (κ1) is 29.5. The highest BCUT2D eigenvalue weighted by molar-refractivity contribution is 6.11. The molecule has 0 saturated carbocycles. The van der Waals surface area contributed by atoms with E-state index in [1.165, 1.54) is 61.0 Å². The number of nitrogens with zero attached hydrogens (tertiary/aromatic N) is 1. The zero-order valence-electron chi connectivity index (χ0n) is 28.6. The van der Waals surface area contributed by atoms with Gasteiger partial charge in [0, 0.05) is 44.6 Å². The van der Waals surface area contributed by atoms with Crippen LogP contribution in [-0.2, 0) is 5.41 Å². The average molecular weight is 654 g/mol. The second kappa shape index (κ2) is 11.3. The Morgan fingerprint density at radius 1 is 0.431 bits per heavy atom. The molecule has 1 heterocycles. The molecule has 242 valence electrons. The van der Waals surface area contributed by atoms with Crippen LogP contribution in [0.4, 0.5) is 17.1 Å². The van der Waals surface area contributed by atoms with Crippen molar-refractivity contribution in [3.8, 4) is 33.4 Å². The molecule has 0 fully saturated rings. The molecule has 1 aromatic heterocycles. The smallest absolute Gasteiger partial charge is 0.137 e. The number of fused-ring (bicyclic) bond motifs is 7. The summed E-state index contributed by atoms with van der Waals surface area (Å²) in [4.78, 5) is 2.46. The molecule has 0 aliphatic heterocycles. The molecular weight excluding hydrogens is 619 g/mol. The van der Waals surface area contributed by atoms with Gasteiger partial charge in [0.05, 0.1) is 5.69 Å². The molecule has 2 nitrogen and oxygen atoms in total. The predicted octanol–water partition coefficient (Wildman–Crippen LogP) is 13.8. The van der Waals surface area contributed by atoms with Gasteiger partial charge in [0.15, 0.2) is 0 Å². The zero-order chi connectivity index (χ0) is 34.1. The molecule has 2 heteroatoms. The highest BCUT2D eigenvalue weighted by Gasteiger charge is 2.39. The van der Waals surface area contributed by atoms with E-state index in [4.69, 9.17) is 4.42 Å². The van der Waals surface area contributed by atoms with Gasteiger partial charge < -0.3 is 9.32 Å². The van der Waals surface area contributed by atoms with Gasteiger partial charge in [0.1, 0.15) is 11.2 Å². The lowest BCUT2D eigenvalue weighted by atomic mass is 9.81. The molecule has 0 spiro atoms. The van der Waals surface area contributed by atoms with Crippen molar-refractivity contribution in [3.05, 3.63) is 187 Å². The van der Waals surface area contributed by atoms with Gasteiger partial charge in [-0.1, -0.05) is 147 Å². The van der Waals surface area contributed by atoms with Gasteiger partial charge in [-0.3, -0.25) is 0 Å². The first-order chi connectivity index (χ1) is 25.1. The summed E-state index contributed by atoms with van der Waals surface area (Å²) in [5, 5.41) is 4.70. The van der Waals surface area contributed by atoms with Gasteiger partial charge in [-0.25, -0.2) is 0 Å². The van der Waals surface area contributed by atoms with E-state index in [9.17, 15) is 0 Å². The van der Waals surface area contributed by atoms with E-state index in [2.05, 4.69) is 189 Å². The molecule has 0 amide bonds. The molecule has 0 unspecified atom stereocenters. The zero-order valence-corrected chi connectivity index (χ0v) is 28.6. The van der Waals surface area contributed by atoms with E-state index in [1.807, 2.05) is 6.07 Å². The molecule has 0 radical (unpaired) electrons. The molecule has 0 N–H and O–H groups in total. The number of anilines is 3. The van der Waals surface area contributed by atoms with Crippen molar-refractivity contribution in [1.29, 1.82) is 0 Å². The minimum atomic E-state index is -0.149. The highest BCUT2D eigenvalue weighted by Crippen LogP contribution is 2.56. The number of hydrogen-bond donors (Lipinski definition) is 0. The van der Waals surface area contributed by atoms with Crippen LogP contribution in [0.5, 0.6) is 0 Å². The SMILES string of the molecule is CC1(C)c2ccccc2-c2c1cc1ccccc1c2N(c1ccc(-c2ccccc2-c2ccccc2)cc1)c1ccc2c(c1)oc1ccccc12. The normalized spacial score (nSPS) is 13.1. The molecule has 8 aromatic carbocycles. The summed E-state index contributed by atoms with van der Waals surface area (Å²) in [6.07, 6.45) is 0. The van der Waals surface area contributed by atoms with Crippen molar-refractivity contribution in [1.82, 2.24) is 0 Å². The van der Waals surface area contributed by atoms with Gasteiger partial charge in [-0.05, 0) is 80.7 Å². The van der Waals surface area contributed by atoms with Gasteiger partial charge in [-0.2, -0.15) is 0 Å². The molecule has 0 saturated heterocycles. The minimum absolute atomic E-state index is 0.149. The lowest BCUT2D eigenvalue weighted by Gasteiger charge is -2.30. The third-order valence-corrected chi connectivity index (χ3v) is 10.9. The Bertz CT molecular complexity index is 2770. The third-order valence-electron chi connectivity index (χ3n) is 10.9. The summed E-state index contributed by atoms with van der Waals surface area (Å²) in [5.74, 6) is 0. The average Bonchev–Trinajstić information content (AvgIpc) is 3.66. The number of hydrogen-bond acceptors (Lipinski definition) is 2. The van der Waals surface area contributed by atoms with Crippen molar-refractivity contribution in [3.63, 3.8) is 0 Å². The third kappa shape index (κ3) is 4.57. The monoisotopic (exact) mass is 653 g/mol. The van der Waals surface area contributed by atoms with Crippen molar-refractivity contribution in [2.75, 3.05) is 4.90 Å². The number of para-hydroxylation sites is 1. The Balaban J connectivity index is 1.24. The fourth-order valence-corrected chi connectivity index (χ4v) is 8.37. The Kier molecular flexibility index (Phi) is 6.56. The Morgan fingerprint density at radius 3 is 1.80 bits per heavy atom. The minimum Gasteiger partial charge on any atom is -0.456 e. The molecule has 1 aliphatic rings. The van der Waals surface area contributed by atoms with Crippen LogP contribution < -0.4 is 4.90 Å². The first-order valence-corrected chi connectivity index (χ1v) is 17.7. The summed E-state index contributed by atoms with van der Waals surface area (Å²) in [6, 6.07) is 63.6. The molecular formula is C49H35NO. The van der Waals surface area contributed by atoms with E-state index in [-0.39, 0.29) is 5.41 Å². The van der Waals surface area contributed by atoms with Gasteiger partial charge >= 0.3 is 0 Å². The first-order valence-electron chi connectivity index (χ1n) is 17.7. The van der Waals surface area contributed by atoms with E-state index in [0.29, 0.717) is 0 Å². The second-order valence-corrected chi connectivity index (χ2v) is 14.1. The Labute approximate surface area is 297 Å². The van der Waals surface area contributed by atoms with Crippen molar-refractivity contribution < 1.29 is 4.42 Å². The summed E-state index contributed by atoms with van der Waals surface area (Å²) >= 11 is 0. The maximum atomic E-state index is 6.49. The maximum Gasteiger partial charge on any atom is 0.137 e. The van der Waals surface area contributed by atoms with Crippen LogP contribution in [0.3, 0.4) is 0 Å². The van der Waals surface area contributed by atoms with Gasteiger partial charge in [0.25, 0.3) is 0 Å². The predicted molar refractivity (Wildman–Crippen MR) is 214 cm³/mol. The van der Waals surface area contributed by atoms with Gasteiger partial charge in [0.2, 0.25) is 0 Å². The topological polar surface area (TPSA) is 16.4 Å². The summed E-state index contributed by atoms with van der Waals surface area (Å²) in [7, 11) is 0. The fourth-order valence-electron chi connectivity index (χ4n) is 8.37. The summed E-state index contributed by atoms with van der Waals surface area (Å²) in [5.41, 5.74) is 15.1. The van der Waals surface area contributed by atoms with Crippen LogP contribution in [0.25, 0.3) is 66.1 Å². The Morgan fingerprint density at radius 2 is 1.02 bits per heavy atom. The van der Waals surface area contributed by atoms with E-state index < -0.39 is 0 Å². The largest absolute Gasteiger partial charge is 0.456 e. The number of benzene rings is 8. The molecule has 0 bridgehead atoms. The number of rotatable bonds is 5. The molecule has 51 heavy (non-hydrogen) atoms. The van der Waals surface area contributed by atoms with Crippen LogP contribution in [0.1, 0.15) is 25.0 Å². The number of furan rings is 1. The maximum absolute atomic E-state index is 6.49. The van der Waals surface area contributed by atoms with Crippen LogP contribution in [0.15, 0.2) is 180 Å². The van der Waals surface area contributed by atoms with Crippen LogP contribution in [-0.4, -0.2) is 0 Å². The molecule has 9 aromatic rings. The van der Waals surface area contributed by atoms with Crippen LogP contribution in [0.2, 0.25) is 0 Å². The van der Waals surface area contributed by atoms with Crippen LogP contribution >= 0.6 is 0 Å². The Hall–Kier alpha value is -6.38.